The zero-order valence-corrected chi connectivity index (χ0v) is 27.9. The van der Waals surface area contributed by atoms with Crippen LogP contribution in [0.5, 0.6) is 0 Å². The molecule has 4 nitrogen and oxygen atoms in total. The number of Topliss-reactive ketones (excluding diaryl/α,β-unsaturated/α-hetero) is 1. The van der Waals surface area contributed by atoms with Gasteiger partial charge >= 0.3 is 47.6 Å². The minimum absolute atomic E-state index is 0.141. The van der Waals surface area contributed by atoms with E-state index in [0.29, 0.717) is 16.5 Å². The number of rotatable bonds is 9. The lowest BCUT2D eigenvalue weighted by atomic mass is 9.64. The fourth-order valence-corrected chi connectivity index (χ4v) is 8.63. The number of benzene rings is 2. The second kappa shape index (κ2) is 11.6. The van der Waals surface area contributed by atoms with E-state index in [0.717, 1.165) is 11.6 Å². The number of aromatic nitrogens is 1. The molecule has 0 saturated carbocycles. The molecule has 0 N–H and O–H groups in total. The molecule has 1 aromatic heterocycles. The third-order valence-electron chi connectivity index (χ3n) is 9.58. The molecule has 0 saturated heterocycles. The summed E-state index contributed by atoms with van der Waals surface area (Å²) in [5.74, 6) is -60.6. The van der Waals surface area contributed by atoms with Crippen LogP contribution in [0, 0.1) is 11.3 Å². The van der Waals surface area contributed by atoms with Gasteiger partial charge in [-0.15, -0.1) is 0 Å². The fraction of sp³-hybridized carbons (Fsp3) is 0.469. The summed E-state index contributed by atoms with van der Waals surface area (Å²) in [6.45, 7) is 5.15. The monoisotopic (exact) mass is 823 g/mol. The van der Waals surface area contributed by atoms with Crippen molar-refractivity contribution in [2.75, 3.05) is 0 Å². The maximum absolute atomic E-state index is 15.2. The Labute approximate surface area is 292 Å². The molecule has 2 aromatic carbocycles. The topological polar surface area (TPSA) is 56.1 Å². The van der Waals surface area contributed by atoms with Gasteiger partial charge in [0, 0.05) is 22.8 Å². The van der Waals surface area contributed by atoms with Crippen molar-refractivity contribution in [3.8, 4) is 0 Å². The van der Waals surface area contributed by atoms with Crippen LogP contribution >= 0.6 is 0 Å². The average molecular weight is 824 g/mol. The molecule has 5 rings (SSSR count). The fourth-order valence-electron chi connectivity index (χ4n) is 7.05. The van der Waals surface area contributed by atoms with Crippen LogP contribution in [0.3, 0.4) is 0 Å². The van der Waals surface area contributed by atoms with Gasteiger partial charge in [-0.05, 0) is 42.5 Å². The lowest BCUT2D eigenvalue weighted by molar-refractivity contribution is -0.462. The lowest BCUT2D eigenvalue weighted by Gasteiger charge is -2.42. The van der Waals surface area contributed by atoms with Gasteiger partial charge in [0.15, 0.2) is 5.78 Å². The van der Waals surface area contributed by atoms with Gasteiger partial charge in [-0.3, -0.25) is 4.79 Å². The predicted molar refractivity (Wildman–Crippen MR) is 153 cm³/mol. The summed E-state index contributed by atoms with van der Waals surface area (Å²) in [6.07, 6.45) is -5.81. The maximum atomic E-state index is 15.2. The van der Waals surface area contributed by atoms with E-state index in [1.165, 1.54) is 18.2 Å². The SMILES string of the molecule is CC1=C[C@H]2c3c(n(S(=O)(=O)c4cccc(C(F)(F)C(F)(F)C(F)(F)C(F)(F)C(F)(F)C(F)(F)C(F)(F)C(F)(F)F)c4)c4ccccc34)C(=O)[C@H]2C(C)(C)C1. The highest BCUT2D eigenvalue weighted by Crippen LogP contribution is 2.65. The minimum Gasteiger partial charge on any atom is -0.292 e. The number of allylic oxidation sites excluding steroid dienone is 2. The molecule has 298 valence electrons. The van der Waals surface area contributed by atoms with Crippen LogP contribution in [0.15, 0.2) is 65.1 Å². The first kappa shape index (κ1) is 41.3. The van der Waals surface area contributed by atoms with E-state index in [4.69, 9.17) is 0 Å². The van der Waals surface area contributed by atoms with Crippen molar-refractivity contribution in [1.29, 1.82) is 0 Å². The van der Waals surface area contributed by atoms with Gasteiger partial charge in [0.05, 0.1) is 10.4 Å². The molecule has 0 amide bonds. The smallest absolute Gasteiger partial charge is 0.292 e. The zero-order chi connectivity index (χ0) is 41.4. The van der Waals surface area contributed by atoms with Gasteiger partial charge in [0.25, 0.3) is 10.0 Å². The Morgan fingerprint density at radius 3 is 1.72 bits per heavy atom. The van der Waals surface area contributed by atoms with Gasteiger partial charge in [0.1, 0.15) is 5.69 Å². The molecule has 0 aliphatic heterocycles. The molecule has 2 aliphatic rings. The molecular formula is C32H22F17NO3S. The number of halogens is 17. The quantitative estimate of drug-likeness (QED) is 0.160. The van der Waals surface area contributed by atoms with Crippen LogP contribution in [0.1, 0.15) is 54.7 Å². The molecule has 54 heavy (non-hydrogen) atoms. The standard InChI is InChI=1S/C32H22F17NO3S/c1-14-11-18-20-17-9-4-5-10-19(17)50(22(20)23(51)21(18)24(2,3)13-14)54(52,53)16-8-6-7-15(12-16)25(33,34)26(35,36)27(37,38)28(39,40)29(41,42)30(43,44)31(45,46)32(47,48)49/h4-12,18,21H,13H2,1-3H3/t18-,21-/m0/s1. The van der Waals surface area contributed by atoms with Crippen molar-refractivity contribution in [1.82, 2.24) is 3.97 Å². The number of fused-ring (bicyclic) bond motifs is 5. The summed E-state index contributed by atoms with van der Waals surface area (Å²) >= 11 is 0. The van der Waals surface area contributed by atoms with Gasteiger partial charge < -0.3 is 0 Å². The summed E-state index contributed by atoms with van der Waals surface area (Å²) in [5.41, 5.74) is -3.32. The Hall–Kier alpha value is -3.85. The maximum Gasteiger partial charge on any atom is 0.460 e. The normalized spacial score (nSPS) is 20.6. The van der Waals surface area contributed by atoms with E-state index in [-0.39, 0.29) is 28.6 Å². The number of para-hydroxylation sites is 1. The molecule has 1 heterocycles. The van der Waals surface area contributed by atoms with Gasteiger partial charge in [-0.1, -0.05) is 55.8 Å². The predicted octanol–water partition coefficient (Wildman–Crippen LogP) is 10.6. The van der Waals surface area contributed by atoms with Crippen molar-refractivity contribution >= 4 is 26.7 Å². The highest BCUT2D eigenvalue weighted by atomic mass is 32.2. The second-order valence-electron chi connectivity index (χ2n) is 13.6. The molecule has 0 fully saturated rings. The van der Waals surface area contributed by atoms with E-state index in [1.807, 2.05) is 0 Å². The minimum atomic E-state index is -8.81. The number of hydrogen-bond acceptors (Lipinski definition) is 3. The summed E-state index contributed by atoms with van der Waals surface area (Å²) in [7, 11) is -5.49. The Bertz CT molecular complexity index is 2180. The number of carbonyl (C=O) groups excluding carboxylic acids is 1. The Kier molecular flexibility index (Phi) is 8.87. The van der Waals surface area contributed by atoms with Crippen LogP contribution < -0.4 is 0 Å². The van der Waals surface area contributed by atoms with E-state index in [2.05, 4.69) is 0 Å². The molecule has 3 aromatic rings. The van der Waals surface area contributed by atoms with Gasteiger partial charge in [-0.25, -0.2) is 12.4 Å². The van der Waals surface area contributed by atoms with E-state index < -0.39 is 103 Å². The Balaban J connectivity index is 1.64. The highest BCUT2D eigenvalue weighted by molar-refractivity contribution is 7.90. The van der Waals surface area contributed by atoms with E-state index in [1.54, 1.807) is 26.8 Å². The molecule has 0 unspecified atom stereocenters. The number of nitrogens with zero attached hydrogens (tertiary/aromatic N) is 1. The molecule has 2 atom stereocenters. The van der Waals surface area contributed by atoms with Crippen LogP contribution in [0.25, 0.3) is 10.9 Å². The van der Waals surface area contributed by atoms with Crippen LogP contribution in [-0.4, -0.2) is 59.9 Å². The van der Waals surface area contributed by atoms with Gasteiger partial charge in [0.2, 0.25) is 0 Å². The van der Waals surface area contributed by atoms with Crippen molar-refractivity contribution in [3.63, 3.8) is 0 Å². The molecule has 0 spiro atoms. The van der Waals surface area contributed by atoms with Crippen molar-refractivity contribution in [3.05, 3.63) is 77.0 Å². The first-order valence-corrected chi connectivity index (χ1v) is 16.5. The first-order valence-electron chi connectivity index (χ1n) is 15.0. The number of hydrogen-bond donors (Lipinski definition) is 0. The molecule has 0 bridgehead atoms. The lowest BCUT2D eigenvalue weighted by Crippen LogP contribution is -2.74. The first-order chi connectivity index (χ1) is 24.1. The summed E-state index contributed by atoms with van der Waals surface area (Å²) in [4.78, 5) is 12.4. The van der Waals surface area contributed by atoms with Crippen LogP contribution in [-0.2, 0) is 15.9 Å². The number of alkyl halides is 17. The van der Waals surface area contributed by atoms with E-state index in [9.17, 15) is 79.1 Å². The van der Waals surface area contributed by atoms with Crippen LogP contribution in [0.4, 0.5) is 74.6 Å². The van der Waals surface area contributed by atoms with E-state index >= 15 is 8.78 Å². The van der Waals surface area contributed by atoms with Crippen LogP contribution in [0.2, 0.25) is 0 Å². The van der Waals surface area contributed by atoms with Crippen molar-refractivity contribution in [2.45, 2.75) is 85.6 Å². The Morgan fingerprint density at radius 1 is 0.685 bits per heavy atom. The second-order valence-corrected chi connectivity index (χ2v) is 15.4. The summed E-state index contributed by atoms with van der Waals surface area (Å²) in [6, 6.07) is 4.93. The van der Waals surface area contributed by atoms with Gasteiger partial charge in [-0.2, -0.15) is 74.6 Å². The summed E-state index contributed by atoms with van der Waals surface area (Å²) < 4.78 is 265. The number of carbonyl (C=O) groups is 1. The molecule has 2 aliphatic carbocycles. The third-order valence-corrected chi connectivity index (χ3v) is 11.3. The average Bonchev–Trinajstić information content (AvgIpc) is 3.52. The number of ketones is 1. The molecule has 22 heteroatoms. The summed E-state index contributed by atoms with van der Waals surface area (Å²) in [5, 5.41) is 0.141. The third kappa shape index (κ3) is 5.08. The van der Waals surface area contributed by atoms with Crippen molar-refractivity contribution in [2.24, 2.45) is 11.3 Å². The largest absolute Gasteiger partial charge is 0.460 e. The Morgan fingerprint density at radius 2 is 1.19 bits per heavy atom. The molecular weight excluding hydrogens is 801 g/mol. The zero-order valence-electron chi connectivity index (χ0n) is 27.1. The molecule has 0 radical (unpaired) electrons. The van der Waals surface area contributed by atoms with Crippen molar-refractivity contribution < 1.29 is 87.8 Å². The highest BCUT2D eigenvalue weighted by Gasteiger charge is 2.95.